The molecule has 0 heterocycles. The molecule has 0 amide bonds. The Kier molecular flexibility index (Phi) is 15.4. The van der Waals surface area contributed by atoms with E-state index in [0.717, 1.165) is 0 Å². The Labute approximate surface area is 198 Å². The van der Waals surface area contributed by atoms with Crippen LogP contribution in [-0.2, 0) is 68.7 Å². The Morgan fingerprint density at radius 3 is 1.19 bits per heavy atom. The fourth-order valence-corrected chi connectivity index (χ4v) is 2.94. The minimum absolute atomic E-state index is 0. The van der Waals surface area contributed by atoms with Crippen LogP contribution in [0.4, 0.5) is 0 Å². The molecule has 0 saturated carbocycles. The van der Waals surface area contributed by atoms with E-state index in [0.29, 0.717) is 0 Å². The number of hydrogen-bond donors (Lipinski definition) is 6. The summed E-state index contributed by atoms with van der Waals surface area (Å²) in [4.78, 5) is 0. The molecule has 0 aliphatic rings. The SMILES string of the molecule is O=S(=O)(O)O.[CH2-]C(OS(=O)(=O)O)C(OS(=O)(=O)O)C(COS(=O)(=O)O)OS(=O)(=O)O.[Na+]. The third-order valence-electron chi connectivity index (χ3n) is 1.84. The van der Waals surface area contributed by atoms with Crippen molar-refractivity contribution in [3.63, 3.8) is 0 Å². The standard InChI is InChI=1S/C5H11O16S4.Na.H2O4S/c1-3(19-23(9,10)11)5(21-25(15,16)17)4(20-24(12,13)14)2-18-22(6,7)8;;1-5(2,3)4/h3-5H,1-2H2,(H,6,7,8)(H,9,10,11)(H,12,13,14)(H,15,16,17);;(H2,1,2,3,4)/q-1;+1;. The molecule has 0 aliphatic carbocycles. The van der Waals surface area contributed by atoms with E-state index in [9.17, 15) is 33.7 Å². The molecule has 0 spiro atoms. The van der Waals surface area contributed by atoms with Crippen LogP contribution in [-0.4, -0.2) is 94.3 Å². The van der Waals surface area contributed by atoms with E-state index in [1.165, 1.54) is 0 Å². The first-order valence-corrected chi connectivity index (χ1v) is 12.8. The van der Waals surface area contributed by atoms with Gasteiger partial charge >= 0.3 is 81.6 Å². The van der Waals surface area contributed by atoms with Crippen LogP contribution < -0.4 is 29.6 Å². The Morgan fingerprint density at radius 1 is 0.613 bits per heavy atom. The number of hydrogen-bond acceptors (Lipinski definition) is 14. The first-order valence-electron chi connectivity index (χ1n) is 5.91. The van der Waals surface area contributed by atoms with Crippen molar-refractivity contribution in [2.24, 2.45) is 0 Å². The van der Waals surface area contributed by atoms with E-state index < -0.39 is 76.9 Å². The van der Waals surface area contributed by atoms with Gasteiger partial charge in [0.25, 0.3) is 0 Å². The molecule has 0 aliphatic heterocycles. The van der Waals surface area contributed by atoms with Gasteiger partial charge in [-0.25, -0.2) is 12.5 Å². The molecule has 0 bridgehead atoms. The first-order chi connectivity index (χ1) is 12.8. The zero-order valence-electron chi connectivity index (χ0n) is 14.6. The average Bonchev–Trinajstić information content (AvgIpc) is 2.33. The summed E-state index contributed by atoms with van der Waals surface area (Å²) < 4.78 is 166. The van der Waals surface area contributed by atoms with Crippen molar-refractivity contribution in [1.29, 1.82) is 0 Å². The minimum atomic E-state index is -5.50. The molecule has 20 nitrogen and oxygen atoms in total. The van der Waals surface area contributed by atoms with E-state index >= 15 is 0 Å². The molecule has 0 radical (unpaired) electrons. The first kappa shape index (κ1) is 35.9. The van der Waals surface area contributed by atoms with Crippen molar-refractivity contribution in [1.82, 2.24) is 0 Å². The van der Waals surface area contributed by atoms with E-state index in [4.69, 9.17) is 35.7 Å². The van der Waals surface area contributed by atoms with Gasteiger partial charge in [-0.1, -0.05) is 0 Å². The van der Waals surface area contributed by atoms with E-state index in [-0.39, 0.29) is 29.6 Å². The van der Waals surface area contributed by atoms with Gasteiger partial charge in [-0.15, -0.1) is 0 Å². The molecule has 31 heavy (non-hydrogen) atoms. The van der Waals surface area contributed by atoms with Crippen molar-refractivity contribution in [3.05, 3.63) is 6.92 Å². The maximum absolute atomic E-state index is 10.7. The summed E-state index contributed by atoms with van der Waals surface area (Å²) in [5.74, 6) is 0. The van der Waals surface area contributed by atoms with E-state index in [2.05, 4.69) is 23.7 Å². The largest absolute Gasteiger partial charge is 1.00 e. The Morgan fingerprint density at radius 2 is 0.935 bits per heavy atom. The Balaban J connectivity index is -0.00000116. The third-order valence-corrected chi connectivity index (χ3v) is 3.72. The zero-order chi connectivity index (χ0) is 24.8. The quantitative estimate of drug-likeness (QED) is 0.0756. The molecule has 3 atom stereocenters. The maximum Gasteiger partial charge on any atom is 1.00 e. The summed E-state index contributed by atoms with van der Waals surface area (Å²) in [5, 5.41) is 0. The van der Waals surface area contributed by atoms with Crippen LogP contribution in [0.2, 0.25) is 0 Å². The summed E-state index contributed by atoms with van der Waals surface area (Å²) in [6.45, 7) is 1.21. The summed E-state index contributed by atoms with van der Waals surface area (Å²) in [5.41, 5.74) is 0. The van der Waals surface area contributed by atoms with Crippen LogP contribution in [0.1, 0.15) is 0 Å². The molecule has 0 saturated heterocycles. The molecular formula is C5H13NaO20S5. The molecular weight excluding hydrogens is 563 g/mol. The second-order valence-electron chi connectivity index (χ2n) is 4.27. The van der Waals surface area contributed by atoms with E-state index in [1.807, 2.05) is 0 Å². The van der Waals surface area contributed by atoms with Crippen LogP contribution in [0.15, 0.2) is 0 Å². The normalized spacial score (nSPS) is 16.2. The van der Waals surface area contributed by atoms with Crippen molar-refractivity contribution < 1.29 is 116 Å². The molecule has 3 unspecified atom stereocenters. The van der Waals surface area contributed by atoms with Gasteiger partial charge in [0.05, 0.1) is 6.61 Å². The predicted molar refractivity (Wildman–Crippen MR) is 86.3 cm³/mol. The van der Waals surface area contributed by atoms with Gasteiger partial charge in [0, 0.05) is 0 Å². The predicted octanol–water partition coefficient (Wildman–Crippen LogP) is -6.44. The van der Waals surface area contributed by atoms with Gasteiger partial charge in [-0.05, 0) is 6.10 Å². The van der Waals surface area contributed by atoms with Crippen molar-refractivity contribution in [3.8, 4) is 0 Å². The third kappa shape index (κ3) is 28.3. The van der Waals surface area contributed by atoms with E-state index in [1.54, 1.807) is 0 Å². The van der Waals surface area contributed by atoms with Crippen molar-refractivity contribution in [2.45, 2.75) is 18.3 Å². The monoisotopic (exact) mass is 576 g/mol. The van der Waals surface area contributed by atoms with Crippen LogP contribution in [0.5, 0.6) is 0 Å². The van der Waals surface area contributed by atoms with Gasteiger partial charge in [0.15, 0.2) is 0 Å². The van der Waals surface area contributed by atoms with Gasteiger partial charge in [-0.3, -0.25) is 31.5 Å². The molecule has 0 rings (SSSR count). The molecule has 26 heteroatoms. The van der Waals surface area contributed by atoms with Crippen molar-refractivity contribution >= 4 is 52.0 Å². The molecule has 0 fully saturated rings. The molecule has 184 valence electrons. The van der Waals surface area contributed by atoms with Crippen LogP contribution in [0, 0.1) is 6.92 Å². The van der Waals surface area contributed by atoms with Gasteiger partial charge in [0.2, 0.25) is 0 Å². The fraction of sp³-hybridized carbons (Fsp3) is 0.800. The molecule has 0 aromatic rings. The fourth-order valence-electron chi connectivity index (χ4n) is 1.20. The molecule has 0 aromatic heterocycles. The number of rotatable bonds is 11. The second kappa shape index (κ2) is 13.3. The van der Waals surface area contributed by atoms with Gasteiger partial charge < -0.3 is 6.92 Å². The van der Waals surface area contributed by atoms with Crippen LogP contribution in [0.3, 0.4) is 0 Å². The molecule has 0 aromatic carbocycles. The smallest absolute Gasteiger partial charge is 0.311 e. The topological polar surface area (TPSA) is 329 Å². The maximum atomic E-state index is 10.7. The average molecular weight is 576 g/mol. The summed E-state index contributed by atoms with van der Waals surface area (Å²) in [6, 6.07) is 0. The summed E-state index contributed by atoms with van der Waals surface area (Å²) in [7, 11) is -26.2. The summed E-state index contributed by atoms with van der Waals surface area (Å²) in [6.07, 6.45) is -7.63. The Bertz CT molecular complexity index is 1060. The van der Waals surface area contributed by atoms with Crippen LogP contribution in [0.25, 0.3) is 0 Å². The Hall–Kier alpha value is 0.350. The van der Waals surface area contributed by atoms with Gasteiger partial charge in [0.1, 0.15) is 12.2 Å². The molecule has 6 N–H and O–H groups in total. The summed E-state index contributed by atoms with van der Waals surface area (Å²) >= 11 is 0. The zero-order valence-corrected chi connectivity index (χ0v) is 20.7. The van der Waals surface area contributed by atoms with Crippen LogP contribution >= 0.6 is 0 Å². The second-order valence-corrected chi connectivity index (χ2v) is 9.40. The van der Waals surface area contributed by atoms with Gasteiger partial charge in [-0.2, -0.15) is 42.1 Å². The van der Waals surface area contributed by atoms with Crippen molar-refractivity contribution in [2.75, 3.05) is 6.61 Å². The minimum Gasteiger partial charge on any atom is -0.311 e.